The Balaban J connectivity index is 1.58. The zero-order valence-electron chi connectivity index (χ0n) is 52.0. The number of aliphatic hydroxyl groups excluding tert-OH is 1. The molecule has 22 nitrogen and oxygen atoms in total. The molecule has 2 saturated heterocycles. The lowest BCUT2D eigenvalue weighted by atomic mass is 9.78. The Labute approximate surface area is 498 Å². The van der Waals surface area contributed by atoms with Gasteiger partial charge in [-0.05, 0) is 132 Å². The van der Waals surface area contributed by atoms with E-state index in [1.807, 2.05) is 71.9 Å². The molecule has 0 unspecified atom stereocenters. The number of rotatable bonds is 21. The number of carbonyl (C=O) groups excluding carboxylic acids is 5. The Hall–Kier alpha value is -4.58. The number of fused-ring (bicyclic) bond motifs is 3. The number of hydrogen-bond acceptors (Lipinski definition) is 18. The summed E-state index contributed by atoms with van der Waals surface area (Å²) in [6, 6.07) is -2.02. The predicted octanol–water partition coefficient (Wildman–Crippen LogP) is 8.11. The van der Waals surface area contributed by atoms with Crippen LogP contribution in [0.5, 0.6) is 0 Å². The molecule has 4 aliphatic rings. The van der Waals surface area contributed by atoms with E-state index in [9.17, 15) is 39.7 Å². The number of nitrogens with zero attached hydrogens (tertiary/aromatic N) is 4. The van der Waals surface area contributed by atoms with Crippen molar-refractivity contribution in [2.75, 3.05) is 87.3 Å². The molecule has 2 bridgehead atoms. The normalized spacial score (nSPS) is 34.6. The van der Waals surface area contributed by atoms with Gasteiger partial charge in [0.2, 0.25) is 5.79 Å². The highest BCUT2D eigenvalue weighted by Crippen LogP contribution is 2.38. The van der Waals surface area contributed by atoms with Crippen LogP contribution in [-0.2, 0) is 66.5 Å². The number of alkyl carbamates (subject to hydrolysis) is 1. The fraction of sp³-hybridized carbons (Fsp3) is 0.790. The minimum atomic E-state index is -2.47. The topological polar surface area (TPSA) is 282 Å². The summed E-state index contributed by atoms with van der Waals surface area (Å²) in [7, 11) is 4.52. The molecule has 2 amide bonds. The van der Waals surface area contributed by atoms with Crippen molar-refractivity contribution in [1.82, 2.24) is 10.2 Å². The molecule has 22 heteroatoms. The smallest absolute Gasteiger partial charge is 0.407 e. The third-order valence-corrected chi connectivity index (χ3v) is 16.9. The minimum Gasteiger partial charge on any atom is -0.461 e. The van der Waals surface area contributed by atoms with Crippen molar-refractivity contribution >= 4 is 29.5 Å². The monoisotopic (exact) mass is 1190 g/mol. The summed E-state index contributed by atoms with van der Waals surface area (Å²) in [6.07, 6.45) is 10.3. The summed E-state index contributed by atoms with van der Waals surface area (Å²) in [5.41, 5.74) is 11.3. The number of ether oxygens (including phenoxy) is 10. The van der Waals surface area contributed by atoms with Crippen molar-refractivity contribution in [2.45, 2.75) is 193 Å². The number of hydrogen-bond donors (Lipinski definition) is 3. The lowest BCUT2D eigenvalue weighted by molar-refractivity contribution is -0.265. The average Bonchev–Trinajstić information content (AvgIpc) is 1.65. The molecule has 3 N–H and O–H groups in total. The zero-order valence-corrected chi connectivity index (χ0v) is 52.0. The maximum Gasteiger partial charge on any atom is 0.407 e. The Bertz CT molecular complexity index is 2220. The van der Waals surface area contributed by atoms with Crippen LogP contribution in [0, 0.1) is 35.5 Å². The van der Waals surface area contributed by atoms with Gasteiger partial charge in [-0.1, -0.05) is 76.2 Å². The van der Waals surface area contributed by atoms with Crippen molar-refractivity contribution in [2.24, 2.45) is 40.6 Å². The van der Waals surface area contributed by atoms with Gasteiger partial charge in [-0.2, -0.15) is 0 Å². The molecule has 0 spiro atoms. The quantitative estimate of drug-likeness (QED) is 0.0186. The third-order valence-electron chi connectivity index (χ3n) is 16.9. The number of esters is 1. The number of nitrogens with one attached hydrogen (secondary N) is 1. The second kappa shape index (κ2) is 37.9. The fourth-order valence-electron chi connectivity index (χ4n) is 11.8. The number of piperidine rings is 1. The lowest BCUT2D eigenvalue weighted by Gasteiger charge is -2.43. The highest BCUT2D eigenvalue weighted by molar-refractivity contribution is 6.39. The molecular weight excluding hydrogens is 1090 g/mol. The average molecular weight is 1190 g/mol. The van der Waals surface area contributed by atoms with Gasteiger partial charge in [0.05, 0.1) is 64.6 Å². The molecule has 476 valence electrons. The van der Waals surface area contributed by atoms with Crippen LogP contribution in [0.2, 0.25) is 0 Å². The number of cyclic esters (lactones) is 1. The first-order valence-corrected chi connectivity index (χ1v) is 30.5. The van der Waals surface area contributed by atoms with Crippen LogP contribution in [0.3, 0.4) is 0 Å². The summed E-state index contributed by atoms with van der Waals surface area (Å²) in [5.74, 6) is -7.83. The lowest BCUT2D eigenvalue weighted by Crippen LogP contribution is -2.61. The first kappa shape index (κ1) is 71.9. The number of ketones is 2. The van der Waals surface area contributed by atoms with Gasteiger partial charge >= 0.3 is 12.1 Å². The maximum absolute atomic E-state index is 14.8. The molecule has 0 aromatic heterocycles. The zero-order chi connectivity index (χ0) is 61.8. The SMILES string of the molecule is CCOCCOCCOCCOCCNC(=O)O[C@@H]1CC[C@@H](C[C@@H](C)[C@@H]2C[C@H](N=[N+]=[N-])[C@H](C)/C=C(\C)[C@@H](O)[C@@H](OC)C(=O)[C@H](C)C[C@H](C)/C=C/C=C/C=C(\C)[C@@H](OC)C[C@@H]3CC[C@@H](C)[C@@](O)(O3)C(=O)C(=O)N3CCCC[C@H]3C(=O)O2)C[C@H]1OC. The van der Waals surface area contributed by atoms with Gasteiger partial charge in [0, 0.05) is 70.2 Å². The van der Waals surface area contributed by atoms with Gasteiger partial charge in [-0.3, -0.25) is 14.4 Å². The van der Waals surface area contributed by atoms with E-state index in [1.165, 1.54) is 12.0 Å². The van der Waals surface area contributed by atoms with Crippen molar-refractivity contribution in [3.05, 3.63) is 58.0 Å². The van der Waals surface area contributed by atoms with E-state index in [2.05, 4.69) is 15.3 Å². The highest BCUT2D eigenvalue weighted by atomic mass is 16.6. The molecule has 4 rings (SSSR count). The van der Waals surface area contributed by atoms with Gasteiger partial charge in [-0.25, -0.2) is 9.59 Å². The van der Waals surface area contributed by atoms with Crippen molar-refractivity contribution in [1.29, 1.82) is 0 Å². The third kappa shape index (κ3) is 22.6. The predicted molar refractivity (Wildman–Crippen MR) is 314 cm³/mol. The van der Waals surface area contributed by atoms with E-state index in [0.29, 0.717) is 116 Å². The van der Waals surface area contributed by atoms with Gasteiger partial charge in [0.25, 0.3) is 11.7 Å². The fourth-order valence-corrected chi connectivity index (χ4v) is 11.8. The number of aliphatic hydroxyl groups is 2. The van der Waals surface area contributed by atoms with Crippen molar-refractivity contribution in [3.8, 4) is 0 Å². The largest absolute Gasteiger partial charge is 0.461 e. The number of methoxy groups -OCH3 is 3. The standard InChI is InChI=1S/C62H101N5O17/c1-12-78-28-29-80-32-33-81-31-30-79-27-25-64-61(73)83-51-24-22-47(37-54(51)76-10)36-43(5)53-39-49(65-66-63)42(4)35-45(7)56(69)57(77-11)55(68)44(6)34-40(2)18-14-13-15-19-41(3)52(75-9)38-48-23-21-46(8)62(74,84-48)58(70)59(71)67-26-17-16-20-50(67)60(72)82-53/h13-15,18-19,35,40,42-44,46-54,56-57,69,74H,12,16-17,20-34,36-39H2,1-11H3,(H,64,73)/b15-13+,18-14+,41-19+,45-35+/t40-,42-,43-,44-,46-,47+,48+,49+,50+,51-,52+,53+,54-,56-,57+,62-/m1/s1. The molecule has 1 aliphatic carbocycles. The van der Waals surface area contributed by atoms with E-state index in [4.69, 9.17) is 47.4 Å². The molecule has 0 aromatic carbocycles. The van der Waals surface area contributed by atoms with E-state index >= 15 is 0 Å². The first-order chi connectivity index (χ1) is 40.2. The molecule has 16 atom stereocenters. The maximum atomic E-state index is 14.8. The second-order valence-corrected chi connectivity index (χ2v) is 23.3. The van der Waals surface area contributed by atoms with E-state index in [0.717, 1.165) is 5.57 Å². The van der Waals surface area contributed by atoms with Crippen LogP contribution >= 0.6 is 0 Å². The molecule has 84 heavy (non-hydrogen) atoms. The van der Waals surface area contributed by atoms with Crippen LogP contribution in [0.15, 0.2) is 52.7 Å². The van der Waals surface area contributed by atoms with Gasteiger partial charge in [-0.15, -0.1) is 0 Å². The van der Waals surface area contributed by atoms with Gasteiger partial charge in [0.1, 0.15) is 30.5 Å². The Morgan fingerprint density at radius 2 is 1.52 bits per heavy atom. The number of azide groups is 1. The second-order valence-electron chi connectivity index (χ2n) is 23.3. The Morgan fingerprint density at radius 1 is 0.833 bits per heavy atom. The summed E-state index contributed by atoms with van der Waals surface area (Å²) < 4.78 is 57.8. The van der Waals surface area contributed by atoms with E-state index in [-0.39, 0.29) is 56.1 Å². The Kier molecular flexibility index (Phi) is 32.4. The molecular formula is C62H101N5O17. The molecule has 3 aliphatic heterocycles. The van der Waals surface area contributed by atoms with E-state index < -0.39 is 102 Å². The number of allylic oxidation sites excluding steroid dienone is 5. The molecule has 1 saturated carbocycles. The number of Topliss-reactive ketones (excluding diaryl/α,β-unsaturated/α-hetero) is 2. The first-order valence-electron chi connectivity index (χ1n) is 30.5. The molecule has 0 radical (unpaired) electrons. The van der Waals surface area contributed by atoms with Crippen LogP contribution in [0.1, 0.15) is 132 Å². The minimum absolute atomic E-state index is 0.00663. The Morgan fingerprint density at radius 3 is 2.18 bits per heavy atom. The van der Waals surface area contributed by atoms with Crippen LogP contribution in [0.4, 0.5) is 4.79 Å². The highest BCUT2D eigenvalue weighted by Gasteiger charge is 2.53. The van der Waals surface area contributed by atoms with Gasteiger partial charge in [0.15, 0.2) is 5.78 Å². The molecule has 3 heterocycles. The molecule has 0 aromatic rings. The van der Waals surface area contributed by atoms with Gasteiger partial charge < -0.3 is 67.8 Å². The number of carbonyl (C=O) groups is 5. The van der Waals surface area contributed by atoms with E-state index in [1.54, 1.807) is 34.1 Å². The summed E-state index contributed by atoms with van der Waals surface area (Å²) in [6.45, 7) is 18.6. The van der Waals surface area contributed by atoms with Crippen LogP contribution in [-0.4, -0.2) is 193 Å². The molecule has 3 fully saturated rings. The summed E-state index contributed by atoms with van der Waals surface area (Å²) >= 11 is 0. The summed E-state index contributed by atoms with van der Waals surface area (Å²) in [5, 5.41) is 30.8. The number of amides is 2. The van der Waals surface area contributed by atoms with Crippen LogP contribution < -0.4 is 5.32 Å². The summed E-state index contributed by atoms with van der Waals surface area (Å²) in [4.78, 5) is 75.0. The van der Waals surface area contributed by atoms with Crippen molar-refractivity contribution in [3.63, 3.8) is 0 Å². The van der Waals surface area contributed by atoms with Crippen LogP contribution in [0.25, 0.3) is 10.4 Å². The van der Waals surface area contributed by atoms with Crippen molar-refractivity contribution < 1.29 is 81.6 Å².